The zero-order valence-corrected chi connectivity index (χ0v) is 14.1. The van der Waals surface area contributed by atoms with E-state index >= 15 is 0 Å². The van der Waals surface area contributed by atoms with Gasteiger partial charge in [0.05, 0.1) is 0 Å². The third kappa shape index (κ3) is 3.79. The van der Waals surface area contributed by atoms with Gasteiger partial charge in [0, 0.05) is 11.6 Å². The van der Waals surface area contributed by atoms with E-state index in [0.29, 0.717) is 16.5 Å². The summed E-state index contributed by atoms with van der Waals surface area (Å²) in [5, 5.41) is 4.27. The Balaban J connectivity index is 1.94. The number of halogens is 1. The summed E-state index contributed by atoms with van der Waals surface area (Å²) in [4.78, 5) is 0.0789. The van der Waals surface area contributed by atoms with E-state index in [1.807, 2.05) is 6.92 Å². The number of hydrogen-bond acceptors (Lipinski definition) is 5. The Bertz CT molecular complexity index is 752. The molecular formula is C14H17ClN2O4S. The Morgan fingerprint density at radius 1 is 1.32 bits per heavy atom. The number of benzene rings is 1. The molecule has 0 bridgehead atoms. The fourth-order valence-electron chi connectivity index (χ4n) is 2.04. The van der Waals surface area contributed by atoms with E-state index in [4.69, 9.17) is 20.9 Å². The zero-order chi connectivity index (χ0) is 16.3. The van der Waals surface area contributed by atoms with Gasteiger partial charge in [0.2, 0.25) is 10.0 Å². The Kier molecular flexibility index (Phi) is 5.10. The van der Waals surface area contributed by atoms with Crippen LogP contribution in [-0.2, 0) is 10.0 Å². The molecular weight excluding hydrogens is 328 g/mol. The van der Waals surface area contributed by atoms with Gasteiger partial charge in [-0.3, -0.25) is 0 Å². The first-order valence-electron chi connectivity index (χ1n) is 6.63. The summed E-state index contributed by atoms with van der Waals surface area (Å²) in [6.45, 7) is 5.34. The molecule has 0 fully saturated rings. The number of sulfonamides is 1. The van der Waals surface area contributed by atoms with Crippen molar-refractivity contribution in [1.29, 1.82) is 0 Å². The lowest BCUT2D eigenvalue weighted by Crippen LogP contribution is -2.29. The maximum absolute atomic E-state index is 12.2. The molecule has 0 spiro atoms. The van der Waals surface area contributed by atoms with Crippen molar-refractivity contribution in [3.8, 4) is 5.75 Å². The number of aromatic nitrogens is 1. The largest absolute Gasteiger partial charge is 0.492 e. The van der Waals surface area contributed by atoms with E-state index in [0.717, 1.165) is 5.56 Å². The maximum atomic E-state index is 12.2. The van der Waals surface area contributed by atoms with Crippen LogP contribution in [0.2, 0.25) is 5.02 Å². The second-order valence-electron chi connectivity index (χ2n) is 4.81. The van der Waals surface area contributed by atoms with Crippen molar-refractivity contribution in [3.05, 3.63) is 40.2 Å². The summed E-state index contributed by atoms with van der Waals surface area (Å²) >= 11 is 5.86. The van der Waals surface area contributed by atoms with Gasteiger partial charge in [-0.05, 0) is 44.5 Å². The van der Waals surface area contributed by atoms with Crippen molar-refractivity contribution in [2.75, 3.05) is 13.2 Å². The molecule has 0 unspecified atom stereocenters. The molecule has 0 saturated carbocycles. The van der Waals surface area contributed by atoms with E-state index in [9.17, 15) is 8.42 Å². The third-order valence-electron chi connectivity index (χ3n) is 3.03. The van der Waals surface area contributed by atoms with Crippen LogP contribution in [0.5, 0.6) is 5.75 Å². The summed E-state index contributed by atoms with van der Waals surface area (Å²) in [5.74, 6) is 0.931. The Morgan fingerprint density at radius 3 is 2.64 bits per heavy atom. The Hall–Kier alpha value is -1.57. The third-order valence-corrected chi connectivity index (χ3v) is 4.96. The fraction of sp³-hybridized carbons (Fsp3) is 0.357. The number of rotatable bonds is 6. The van der Waals surface area contributed by atoms with E-state index in [-0.39, 0.29) is 23.8 Å². The van der Waals surface area contributed by atoms with Gasteiger partial charge < -0.3 is 9.26 Å². The second kappa shape index (κ2) is 6.68. The van der Waals surface area contributed by atoms with Gasteiger partial charge in [-0.2, -0.15) is 0 Å². The molecule has 0 saturated heterocycles. The van der Waals surface area contributed by atoms with Gasteiger partial charge in [-0.15, -0.1) is 0 Å². The molecule has 0 aliphatic carbocycles. The van der Waals surface area contributed by atoms with E-state index in [1.54, 1.807) is 32.0 Å². The molecule has 0 amide bonds. The summed E-state index contributed by atoms with van der Waals surface area (Å²) < 4.78 is 37.2. The van der Waals surface area contributed by atoms with Crippen molar-refractivity contribution in [2.24, 2.45) is 0 Å². The molecule has 6 nitrogen and oxygen atoms in total. The molecule has 0 radical (unpaired) electrons. The molecule has 1 aromatic heterocycles. The monoisotopic (exact) mass is 344 g/mol. The highest BCUT2D eigenvalue weighted by Gasteiger charge is 2.23. The van der Waals surface area contributed by atoms with Crippen LogP contribution in [-0.4, -0.2) is 26.7 Å². The van der Waals surface area contributed by atoms with Crippen LogP contribution >= 0.6 is 11.6 Å². The normalized spacial score (nSPS) is 11.6. The molecule has 2 rings (SSSR count). The number of nitrogens with zero attached hydrogens (tertiary/aromatic N) is 1. The summed E-state index contributed by atoms with van der Waals surface area (Å²) in [6.07, 6.45) is 0. The molecule has 1 aromatic carbocycles. The topological polar surface area (TPSA) is 81.4 Å². The number of ether oxygens (including phenoxy) is 1. The molecule has 1 heterocycles. The first-order chi connectivity index (χ1) is 10.3. The smallest absolute Gasteiger partial charge is 0.246 e. The number of nitrogens with one attached hydrogen (secondary N) is 1. The number of hydrogen-bond donors (Lipinski definition) is 1. The molecule has 22 heavy (non-hydrogen) atoms. The van der Waals surface area contributed by atoms with Gasteiger partial charge in [0.25, 0.3) is 0 Å². The van der Waals surface area contributed by atoms with Crippen molar-refractivity contribution < 1.29 is 17.7 Å². The molecule has 0 aliphatic heterocycles. The highest BCUT2D eigenvalue weighted by atomic mass is 35.5. The minimum absolute atomic E-state index is 0.0789. The van der Waals surface area contributed by atoms with Crippen LogP contribution in [0.1, 0.15) is 17.0 Å². The van der Waals surface area contributed by atoms with Crippen molar-refractivity contribution in [3.63, 3.8) is 0 Å². The highest BCUT2D eigenvalue weighted by molar-refractivity contribution is 7.89. The Labute approximate surface area is 134 Å². The van der Waals surface area contributed by atoms with Crippen LogP contribution in [0.15, 0.2) is 27.6 Å². The minimum Gasteiger partial charge on any atom is -0.492 e. The summed E-state index contributed by atoms with van der Waals surface area (Å²) in [6, 6.07) is 5.25. The first-order valence-corrected chi connectivity index (χ1v) is 8.49. The predicted octanol–water partition coefficient (Wildman–Crippen LogP) is 2.61. The fourth-order valence-corrected chi connectivity index (χ4v) is 3.61. The van der Waals surface area contributed by atoms with E-state index < -0.39 is 10.0 Å². The lowest BCUT2D eigenvalue weighted by molar-refractivity contribution is 0.320. The molecule has 0 atom stereocenters. The molecule has 2 aromatic rings. The average molecular weight is 345 g/mol. The zero-order valence-electron chi connectivity index (χ0n) is 12.5. The second-order valence-corrected chi connectivity index (χ2v) is 6.95. The average Bonchev–Trinajstić information content (AvgIpc) is 2.77. The van der Waals surface area contributed by atoms with E-state index in [1.165, 1.54) is 0 Å². The quantitative estimate of drug-likeness (QED) is 0.814. The maximum Gasteiger partial charge on any atom is 0.246 e. The van der Waals surface area contributed by atoms with Crippen LogP contribution in [0, 0.1) is 20.8 Å². The van der Waals surface area contributed by atoms with Gasteiger partial charge in [0.1, 0.15) is 22.9 Å². The molecule has 0 aliphatic rings. The summed E-state index contributed by atoms with van der Waals surface area (Å²) in [5.41, 5.74) is 1.22. The minimum atomic E-state index is -3.66. The lowest BCUT2D eigenvalue weighted by Gasteiger charge is -2.10. The van der Waals surface area contributed by atoms with Crippen molar-refractivity contribution in [2.45, 2.75) is 25.7 Å². The summed E-state index contributed by atoms with van der Waals surface area (Å²) in [7, 11) is -3.66. The molecule has 8 heteroatoms. The van der Waals surface area contributed by atoms with Crippen LogP contribution < -0.4 is 9.46 Å². The first kappa shape index (κ1) is 16.8. The van der Waals surface area contributed by atoms with Gasteiger partial charge in [-0.25, -0.2) is 13.1 Å². The SMILES string of the molecule is Cc1cc(Cl)ccc1OCCNS(=O)(=O)c1c(C)noc1C. The van der Waals surface area contributed by atoms with Gasteiger partial charge >= 0.3 is 0 Å². The van der Waals surface area contributed by atoms with Crippen LogP contribution in [0.25, 0.3) is 0 Å². The van der Waals surface area contributed by atoms with E-state index in [2.05, 4.69) is 9.88 Å². The van der Waals surface area contributed by atoms with Crippen molar-refractivity contribution >= 4 is 21.6 Å². The Morgan fingerprint density at radius 2 is 2.05 bits per heavy atom. The molecule has 1 N–H and O–H groups in total. The van der Waals surface area contributed by atoms with Crippen LogP contribution in [0.4, 0.5) is 0 Å². The highest BCUT2D eigenvalue weighted by Crippen LogP contribution is 2.22. The predicted molar refractivity (Wildman–Crippen MR) is 82.8 cm³/mol. The standard InChI is InChI=1S/C14H17ClN2O4S/c1-9-8-12(15)4-5-13(9)20-7-6-16-22(18,19)14-10(2)17-21-11(14)3/h4-5,8,16H,6-7H2,1-3H3. The van der Waals surface area contributed by atoms with Gasteiger partial charge in [0.15, 0.2) is 5.76 Å². The number of aryl methyl sites for hydroxylation is 3. The lowest BCUT2D eigenvalue weighted by atomic mass is 10.2. The van der Waals surface area contributed by atoms with Crippen LogP contribution in [0.3, 0.4) is 0 Å². The van der Waals surface area contributed by atoms with Crippen molar-refractivity contribution in [1.82, 2.24) is 9.88 Å². The molecule has 120 valence electrons. The van der Waals surface area contributed by atoms with Gasteiger partial charge in [-0.1, -0.05) is 16.8 Å².